The normalized spacial score (nSPS) is 10.5. The first-order valence-corrected chi connectivity index (χ1v) is 6.88. The van der Waals surface area contributed by atoms with Crippen LogP contribution in [0.1, 0.15) is 40.3 Å². The summed E-state index contributed by atoms with van der Waals surface area (Å²) in [6, 6.07) is 6.51. The first kappa shape index (κ1) is 15.6. The summed E-state index contributed by atoms with van der Waals surface area (Å²) in [7, 11) is 0. The lowest BCUT2D eigenvalue weighted by Crippen LogP contribution is -2.36. The second-order valence-corrected chi connectivity index (χ2v) is 5.13. The molecule has 2 aromatic heterocycles. The molecule has 1 N–H and O–H groups in total. The molecule has 2 aromatic rings. The van der Waals surface area contributed by atoms with Gasteiger partial charge in [-0.05, 0) is 37.6 Å². The van der Waals surface area contributed by atoms with Crippen molar-refractivity contribution in [1.82, 2.24) is 14.9 Å². The van der Waals surface area contributed by atoms with Crippen molar-refractivity contribution in [3.63, 3.8) is 0 Å². The number of hydrogen-bond acceptors (Lipinski definition) is 4. The lowest BCUT2D eigenvalue weighted by atomic mass is 10.2. The molecule has 0 atom stereocenters. The molecule has 0 aromatic carbocycles. The molecule has 0 aliphatic carbocycles. The van der Waals surface area contributed by atoms with Gasteiger partial charge >= 0.3 is 5.97 Å². The van der Waals surface area contributed by atoms with Crippen molar-refractivity contribution in [1.29, 1.82) is 0 Å². The highest BCUT2D eigenvalue weighted by atomic mass is 16.4. The molecule has 2 rings (SSSR count). The second kappa shape index (κ2) is 6.80. The number of amides is 1. The fourth-order valence-corrected chi connectivity index (χ4v) is 1.97. The number of carboxylic acids is 1. The number of carbonyl (C=O) groups excluding carboxylic acids is 1. The number of aromatic nitrogens is 2. The first-order valence-electron chi connectivity index (χ1n) is 6.88. The maximum absolute atomic E-state index is 12.6. The van der Waals surface area contributed by atoms with E-state index in [2.05, 4.69) is 9.97 Å². The second-order valence-electron chi connectivity index (χ2n) is 5.13. The molecule has 22 heavy (non-hydrogen) atoms. The molecule has 0 spiro atoms. The van der Waals surface area contributed by atoms with Crippen molar-refractivity contribution >= 4 is 11.9 Å². The van der Waals surface area contributed by atoms with Crippen molar-refractivity contribution in [2.24, 2.45) is 0 Å². The number of hydrogen-bond donors (Lipinski definition) is 1. The van der Waals surface area contributed by atoms with Crippen molar-refractivity contribution in [3.8, 4) is 0 Å². The van der Waals surface area contributed by atoms with Gasteiger partial charge in [0.25, 0.3) is 5.91 Å². The van der Waals surface area contributed by atoms with Crippen molar-refractivity contribution in [2.75, 3.05) is 0 Å². The van der Waals surface area contributed by atoms with Gasteiger partial charge in [-0.1, -0.05) is 6.07 Å². The minimum absolute atomic E-state index is 0.0198. The van der Waals surface area contributed by atoms with E-state index in [9.17, 15) is 9.59 Å². The zero-order valence-electron chi connectivity index (χ0n) is 12.4. The topological polar surface area (TPSA) is 83.4 Å². The zero-order chi connectivity index (χ0) is 16.1. The highest BCUT2D eigenvalue weighted by Gasteiger charge is 2.20. The van der Waals surface area contributed by atoms with Crippen LogP contribution < -0.4 is 0 Å². The largest absolute Gasteiger partial charge is 0.478 e. The smallest absolute Gasteiger partial charge is 0.337 e. The summed E-state index contributed by atoms with van der Waals surface area (Å²) < 4.78 is 0. The van der Waals surface area contributed by atoms with E-state index in [1.807, 2.05) is 26.0 Å². The number of aromatic carboxylic acids is 1. The van der Waals surface area contributed by atoms with Crippen LogP contribution in [0.25, 0.3) is 0 Å². The summed E-state index contributed by atoms with van der Waals surface area (Å²) >= 11 is 0. The summed E-state index contributed by atoms with van der Waals surface area (Å²) in [4.78, 5) is 33.1. The molecule has 1 amide bonds. The van der Waals surface area contributed by atoms with Crippen molar-refractivity contribution < 1.29 is 14.7 Å². The standard InChI is InChI=1S/C16H17N3O3/c1-11(2)19(10-12-4-3-7-17-8-12)15(20)14-6-5-13(9-18-14)16(21)22/h3-9,11H,10H2,1-2H3,(H,21,22). The van der Waals surface area contributed by atoms with Crippen LogP contribution in [0.15, 0.2) is 42.9 Å². The van der Waals surface area contributed by atoms with Gasteiger partial charge in [0.05, 0.1) is 5.56 Å². The number of carbonyl (C=O) groups is 2. The van der Waals surface area contributed by atoms with E-state index in [-0.39, 0.29) is 23.2 Å². The molecule has 0 bridgehead atoms. The maximum Gasteiger partial charge on any atom is 0.337 e. The Labute approximate surface area is 128 Å². The van der Waals surface area contributed by atoms with Gasteiger partial charge in [-0.2, -0.15) is 0 Å². The fraction of sp³-hybridized carbons (Fsp3) is 0.250. The van der Waals surface area contributed by atoms with E-state index in [1.54, 1.807) is 17.3 Å². The number of pyridine rings is 2. The van der Waals surface area contributed by atoms with Crippen LogP contribution in [-0.4, -0.2) is 37.9 Å². The molecule has 0 aliphatic rings. The molecule has 0 saturated heterocycles. The summed E-state index contributed by atoms with van der Waals surface area (Å²) in [5.74, 6) is -1.31. The van der Waals surface area contributed by atoms with Crippen molar-refractivity contribution in [3.05, 3.63) is 59.7 Å². The minimum atomic E-state index is -1.07. The molecule has 0 radical (unpaired) electrons. The minimum Gasteiger partial charge on any atom is -0.478 e. The third kappa shape index (κ3) is 3.66. The lowest BCUT2D eigenvalue weighted by molar-refractivity contribution is 0.0673. The van der Waals surface area contributed by atoms with Gasteiger partial charge in [0, 0.05) is 31.2 Å². The van der Waals surface area contributed by atoms with Gasteiger partial charge in [-0.3, -0.25) is 14.8 Å². The van der Waals surface area contributed by atoms with Gasteiger partial charge in [-0.15, -0.1) is 0 Å². The van der Waals surface area contributed by atoms with Gasteiger partial charge in [0.15, 0.2) is 0 Å². The van der Waals surface area contributed by atoms with Crippen LogP contribution >= 0.6 is 0 Å². The molecule has 0 saturated carbocycles. The average molecular weight is 299 g/mol. The molecule has 0 unspecified atom stereocenters. The van der Waals surface area contributed by atoms with E-state index in [4.69, 9.17) is 5.11 Å². The van der Waals surface area contributed by atoms with Gasteiger partial charge in [-0.25, -0.2) is 4.79 Å². The molecule has 2 heterocycles. The van der Waals surface area contributed by atoms with Crippen molar-refractivity contribution in [2.45, 2.75) is 26.4 Å². The molecule has 0 aliphatic heterocycles. The Hall–Kier alpha value is -2.76. The predicted molar refractivity (Wildman–Crippen MR) is 80.4 cm³/mol. The lowest BCUT2D eigenvalue weighted by Gasteiger charge is -2.26. The number of rotatable bonds is 5. The van der Waals surface area contributed by atoms with E-state index in [1.165, 1.54) is 18.3 Å². The SMILES string of the molecule is CC(C)N(Cc1cccnc1)C(=O)c1ccc(C(=O)O)cn1. The Balaban J connectivity index is 2.21. The third-order valence-electron chi connectivity index (χ3n) is 3.19. The van der Waals surface area contributed by atoms with E-state index in [0.717, 1.165) is 5.56 Å². The third-order valence-corrected chi connectivity index (χ3v) is 3.19. The first-order chi connectivity index (χ1) is 10.5. The summed E-state index contributed by atoms with van der Waals surface area (Å²) in [6.07, 6.45) is 4.58. The van der Waals surface area contributed by atoms with Crippen LogP contribution in [0.5, 0.6) is 0 Å². The van der Waals surface area contributed by atoms with Crippen LogP contribution in [0.2, 0.25) is 0 Å². The van der Waals surface area contributed by atoms with Crippen LogP contribution in [0, 0.1) is 0 Å². The quantitative estimate of drug-likeness (QED) is 0.915. The monoisotopic (exact) mass is 299 g/mol. The Kier molecular flexibility index (Phi) is 4.83. The average Bonchev–Trinajstić information content (AvgIpc) is 2.53. The van der Waals surface area contributed by atoms with Crippen LogP contribution in [0.4, 0.5) is 0 Å². The highest BCUT2D eigenvalue weighted by Crippen LogP contribution is 2.12. The Morgan fingerprint density at radius 2 is 2.00 bits per heavy atom. The van der Waals surface area contributed by atoms with Crippen LogP contribution in [0.3, 0.4) is 0 Å². The number of nitrogens with zero attached hydrogens (tertiary/aromatic N) is 3. The van der Waals surface area contributed by atoms with E-state index in [0.29, 0.717) is 6.54 Å². The highest BCUT2D eigenvalue weighted by molar-refractivity contribution is 5.93. The molecule has 6 heteroatoms. The number of carboxylic acid groups (broad SMARTS) is 1. The Morgan fingerprint density at radius 1 is 1.23 bits per heavy atom. The molecular weight excluding hydrogens is 282 g/mol. The van der Waals surface area contributed by atoms with Crippen LogP contribution in [-0.2, 0) is 6.54 Å². The fourth-order valence-electron chi connectivity index (χ4n) is 1.97. The maximum atomic E-state index is 12.6. The zero-order valence-corrected chi connectivity index (χ0v) is 12.4. The molecule has 0 fully saturated rings. The molecule has 6 nitrogen and oxygen atoms in total. The Bertz CT molecular complexity index is 654. The van der Waals surface area contributed by atoms with Gasteiger partial charge in [0.1, 0.15) is 5.69 Å². The predicted octanol–water partition coefficient (Wildman–Crippen LogP) is 2.23. The Morgan fingerprint density at radius 3 is 2.50 bits per heavy atom. The summed E-state index contributed by atoms with van der Waals surface area (Å²) in [6.45, 7) is 4.26. The summed E-state index contributed by atoms with van der Waals surface area (Å²) in [5.41, 5.74) is 1.20. The molecular formula is C16H17N3O3. The van der Waals surface area contributed by atoms with Gasteiger partial charge in [0.2, 0.25) is 0 Å². The van der Waals surface area contributed by atoms with E-state index >= 15 is 0 Å². The summed E-state index contributed by atoms with van der Waals surface area (Å²) in [5, 5.41) is 8.86. The molecule has 114 valence electrons. The van der Waals surface area contributed by atoms with Gasteiger partial charge < -0.3 is 10.0 Å². The van der Waals surface area contributed by atoms with E-state index < -0.39 is 5.97 Å².